The van der Waals surface area contributed by atoms with E-state index in [1.807, 2.05) is 36.5 Å². The fourth-order valence-corrected chi connectivity index (χ4v) is 3.09. The Morgan fingerprint density at radius 3 is 1.39 bits per heavy atom. The van der Waals surface area contributed by atoms with E-state index in [-0.39, 0.29) is 23.0 Å². The summed E-state index contributed by atoms with van der Waals surface area (Å²) in [6.07, 6.45) is 19.7. The monoisotopic (exact) mass is 563 g/mol. The Morgan fingerprint density at radius 2 is 1.13 bits per heavy atom. The summed E-state index contributed by atoms with van der Waals surface area (Å²) in [6.45, 7) is 0. The highest BCUT2D eigenvalue weighted by Crippen LogP contribution is 2.26. The molecule has 0 amide bonds. The van der Waals surface area contributed by atoms with Crippen molar-refractivity contribution in [2.45, 2.75) is 25.7 Å². The summed E-state index contributed by atoms with van der Waals surface area (Å²) in [6, 6.07) is 0. The highest BCUT2D eigenvalue weighted by atomic mass is 32.2. The van der Waals surface area contributed by atoms with E-state index >= 15 is 0 Å². The van der Waals surface area contributed by atoms with Crippen LogP contribution in [0.15, 0.2) is 70.9 Å². The van der Waals surface area contributed by atoms with Gasteiger partial charge in [0.05, 0.1) is 32.5 Å². The molecule has 38 heavy (non-hydrogen) atoms. The first kappa shape index (κ1) is 32.4. The maximum atomic E-state index is 11.6. The van der Waals surface area contributed by atoms with Crippen LogP contribution < -0.4 is 4.72 Å². The summed E-state index contributed by atoms with van der Waals surface area (Å²) < 4.78 is 45.3. The Labute approximate surface area is 222 Å². The molecule has 0 radical (unpaired) electrons. The summed E-state index contributed by atoms with van der Waals surface area (Å²) >= 11 is 0. The number of nitrogens with zero attached hydrogens (tertiary/aromatic N) is 4. The third-order valence-corrected chi connectivity index (χ3v) is 6.52. The van der Waals surface area contributed by atoms with E-state index in [1.54, 1.807) is 12.2 Å². The van der Waals surface area contributed by atoms with Crippen LogP contribution in [-0.4, -0.2) is 76.1 Å². The second kappa shape index (κ2) is 14.9. The fourth-order valence-electron chi connectivity index (χ4n) is 3.09. The van der Waals surface area contributed by atoms with Gasteiger partial charge in [-0.25, -0.2) is 13.1 Å². The van der Waals surface area contributed by atoms with Gasteiger partial charge in [0.15, 0.2) is 0 Å². The maximum Gasteiger partial charge on any atom is 0.343 e. The summed E-state index contributed by atoms with van der Waals surface area (Å²) in [5.41, 5.74) is 21.0. The fraction of sp³-hybridized carbons (Fsp3) is 0.333. The first-order valence-corrected chi connectivity index (χ1v) is 14.8. The van der Waals surface area contributed by atoms with E-state index in [0.717, 1.165) is 43.6 Å². The molecule has 4 aliphatic carbocycles. The lowest BCUT2D eigenvalue weighted by Crippen LogP contribution is -2.22. The lowest BCUT2D eigenvalue weighted by atomic mass is 9.86. The zero-order valence-electron chi connectivity index (χ0n) is 21.4. The molecule has 1 N–H and O–H groups in total. The third-order valence-electron chi connectivity index (χ3n) is 5.18. The number of ketones is 2. The Hall–Kier alpha value is -3.64. The van der Waals surface area contributed by atoms with E-state index in [4.69, 9.17) is 11.1 Å². The number of hydrogen-bond acceptors (Lipinski definition) is 7. The molecule has 204 valence electrons. The zero-order chi connectivity index (χ0) is 28.9. The normalized spacial score (nSPS) is 17.6. The lowest BCUT2D eigenvalue weighted by Gasteiger charge is -2.13. The highest BCUT2D eigenvalue weighted by Gasteiger charge is 2.30. The molecule has 0 aromatic carbocycles. The van der Waals surface area contributed by atoms with Crippen LogP contribution in [0.4, 0.5) is 0 Å². The van der Waals surface area contributed by atoms with Crippen LogP contribution in [0.2, 0.25) is 0 Å². The molecule has 0 fully saturated rings. The van der Waals surface area contributed by atoms with Gasteiger partial charge in [0.1, 0.15) is 0 Å². The van der Waals surface area contributed by atoms with Gasteiger partial charge in [0.2, 0.25) is 10.0 Å². The Morgan fingerprint density at radius 1 is 0.789 bits per heavy atom. The van der Waals surface area contributed by atoms with E-state index in [2.05, 4.69) is 18.5 Å². The molecule has 0 bridgehead atoms. The van der Waals surface area contributed by atoms with Crippen molar-refractivity contribution in [3.8, 4) is 0 Å². The molecule has 4 rings (SSSR count). The van der Waals surface area contributed by atoms with E-state index in [9.17, 15) is 26.4 Å². The third kappa shape index (κ3) is 10.8. The summed E-state index contributed by atoms with van der Waals surface area (Å²) in [4.78, 5) is 29.1. The predicted molar refractivity (Wildman–Crippen MR) is 142 cm³/mol. The number of rotatable bonds is 2. The smallest absolute Gasteiger partial charge is 0.343 e. The number of carbonyl (C=O) groups is 2. The minimum absolute atomic E-state index is 0.149. The van der Waals surface area contributed by atoms with Crippen molar-refractivity contribution < 1.29 is 40.2 Å². The molecule has 12 nitrogen and oxygen atoms in total. The first-order chi connectivity index (χ1) is 17.8. The number of allylic oxidation sites excluding steroid dienone is 12. The largest absolute Gasteiger partial charge is 0.361 e. The minimum Gasteiger partial charge on any atom is -0.361 e. The van der Waals surface area contributed by atoms with Crippen molar-refractivity contribution >= 4 is 43.1 Å². The number of Topliss-reactive ketones (excluding diaryl/α,β-unsaturated/α-hetero) is 2. The van der Waals surface area contributed by atoms with Crippen molar-refractivity contribution in [2.24, 2.45) is 0 Å². The van der Waals surface area contributed by atoms with Crippen LogP contribution in [0.1, 0.15) is 25.7 Å². The van der Waals surface area contributed by atoms with Gasteiger partial charge in [-0.2, -0.15) is 18.0 Å². The molecule has 0 saturated carbocycles. The molecule has 0 aliphatic heterocycles. The molecule has 0 atom stereocenters. The van der Waals surface area contributed by atoms with Crippen LogP contribution in [-0.2, 0) is 33.9 Å². The summed E-state index contributed by atoms with van der Waals surface area (Å²) in [5.74, 6) is -0.297. The number of carbonyl (C=O) groups excluding carboxylic acids is 2. The first-order valence-electron chi connectivity index (χ1n) is 11.1. The molecule has 0 unspecified atom stereocenters. The van der Waals surface area contributed by atoms with Crippen LogP contribution in [0.5, 0.6) is 0 Å². The number of nitrogens with one attached hydrogen (secondary N) is 1. The second-order valence-electron chi connectivity index (χ2n) is 7.89. The average Bonchev–Trinajstić information content (AvgIpc) is 2.90. The Balaban J connectivity index is 0.000000272. The molecule has 0 aromatic rings. The number of fused-ring (bicyclic) bond motifs is 2. The maximum absolute atomic E-state index is 11.6. The van der Waals surface area contributed by atoms with E-state index < -0.39 is 20.1 Å². The van der Waals surface area contributed by atoms with Gasteiger partial charge in [-0.05, 0) is 31.0 Å². The van der Waals surface area contributed by atoms with E-state index in [1.165, 1.54) is 7.05 Å². The van der Waals surface area contributed by atoms with Crippen LogP contribution in [0, 0.1) is 0 Å². The van der Waals surface area contributed by atoms with Crippen molar-refractivity contribution in [3.63, 3.8) is 0 Å². The molecule has 14 heteroatoms. The Kier molecular flexibility index (Phi) is 12.7. The zero-order valence-corrected chi connectivity index (χ0v) is 23.0. The average molecular weight is 564 g/mol. The van der Waals surface area contributed by atoms with Crippen molar-refractivity contribution in [1.82, 2.24) is 4.72 Å². The summed E-state index contributed by atoms with van der Waals surface area (Å²) in [7, 11) is -3.58. The standard InChI is InChI=1S/2C10H8N2O.C2H7NO2S.C2H6O3S/c2*11-12-9-6-5-7-3-1-2-4-8(7)10(9)13;1-3-6(2,4)5;1-5-6(2,3)4/h2*1-2,4-5H,3,6H2;3H,1-2H3;1-2H3. The molecule has 0 aromatic heterocycles. The molecule has 0 saturated heterocycles. The quantitative estimate of drug-likeness (QED) is 0.299. The highest BCUT2D eigenvalue weighted by molar-refractivity contribution is 7.88. The van der Waals surface area contributed by atoms with Gasteiger partial charge in [0, 0.05) is 11.1 Å². The van der Waals surface area contributed by atoms with Crippen molar-refractivity contribution in [2.75, 3.05) is 26.7 Å². The number of hydrogen-bond donors (Lipinski definition) is 1. The van der Waals surface area contributed by atoms with Gasteiger partial charge in [-0.3, -0.25) is 13.8 Å². The van der Waals surface area contributed by atoms with Gasteiger partial charge < -0.3 is 11.1 Å². The van der Waals surface area contributed by atoms with Gasteiger partial charge >= 0.3 is 11.4 Å². The van der Waals surface area contributed by atoms with Crippen LogP contribution >= 0.6 is 0 Å². The van der Waals surface area contributed by atoms with E-state index in [0.29, 0.717) is 24.0 Å². The molecule has 4 aliphatic rings. The van der Waals surface area contributed by atoms with Crippen molar-refractivity contribution in [1.29, 1.82) is 0 Å². The van der Waals surface area contributed by atoms with Crippen LogP contribution in [0.3, 0.4) is 0 Å². The predicted octanol–water partition coefficient (Wildman–Crippen LogP) is 1.64. The molecular formula is C24H29N5O7S2. The van der Waals surface area contributed by atoms with Gasteiger partial charge in [-0.15, -0.1) is 0 Å². The number of sulfonamides is 1. The van der Waals surface area contributed by atoms with Crippen LogP contribution in [0.25, 0.3) is 11.1 Å². The molecule has 0 heterocycles. The Bertz CT molecular complexity index is 1350. The minimum atomic E-state index is -3.16. The van der Waals surface area contributed by atoms with Gasteiger partial charge in [-0.1, -0.05) is 48.6 Å². The topological polar surface area (TPSA) is 196 Å². The summed E-state index contributed by atoms with van der Waals surface area (Å²) in [5, 5.41) is 0. The lowest BCUT2D eigenvalue weighted by molar-refractivity contribution is -0.114. The van der Waals surface area contributed by atoms with Crippen molar-refractivity contribution in [3.05, 3.63) is 82.0 Å². The molecule has 0 spiro atoms. The SMILES string of the molecule is CNS(C)(=O)=O.COS(C)(=O)=O.[N-]=[N+]=C1CC=C2CC=CC=C2C1=O.[N-]=[N+]=C1CC=C2CC=CC=C2C1=O. The van der Waals surface area contributed by atoms with Gasteiger partial charge in [0.25, 0.3) is 21.7 Å². The molecular weight excluding hydrogens is 534 g/mol. The second-order valence-corrected chi connectivity index (χ2v) is 11.6.